The maximum absolute atomic E-state index is 5.24. The molecular weight excluding hydrogens is 655 g/mol. The van der Waals surface area contributed by atoms with Gasteiger partial charge in [-0.2, -0.15) is 0 Å². The van der Waals surface area contributed by atoms with Gasteiger partial charge in [-0.05, 0) is 73.8 Å². The van der Waals surface area contributed by atoms with Gasteiger partial charge in [-0.15, -0.1) is 0 Å². The Morgan fingerprint density at radius 2 is 0.519 bits per heavy atom. The lowest BCUT2D eigenvalue weighted by atomic mass is 9.94. The van der Waals surface area contributed by atoms with Crippen molar-refractivity contribution in [2.24, 2.45) is 0 Å². The summed E-state index contributed by atoms with van der Waals surface area (Å²) in [7, 11) is 0. The number of nitrogens with zero attached hydrogens (tertiary/aromatic N) is 3. The second-order valence-corrected chi connectivity index (χ2v) is 13.3. The minimum absolute atomic E-state index is 0.619. The van der Waals surface area contributed by atoms with E-state index >= 15 is 0 Å². The van der Waals surface area contributed by atoms with Gasteiger partial charge in [0.1, 0.15) is 0 Å². The lowest BCUT2D eigenvalue weighted by molar-refractivity contribution is 1.07. The van der Waals surface area contributed by atoms with Crippen LogP contribution < -0.4 is 0 Å². The van der Waals surface area contributed by atoms with Crippen molar-refractivity contribution in [1.82, 2.24) is 15.0 Å². The molecule has 0 saturated heterocycles. The highest BCUT2D eigenvalue weighted by atomic mass is 15.0. The second-order valence-electron chi connectivity index (χ2n) is 13.3. The van der Waals surface area contributed by atoms with E-state index in [9.17, 15) is 0 Å². The zero-order chi connectivity index (χ0) is 36.1. The Morgan fingerprint density at radius 1 is 0.185 bits per heavy atom. The first-order valence-corrected chi connectivity index (χ1v) is 18.2. The molecule has 0 saturated carbocycles. The molecular formula is C51H35N3. The normalized spacial score (nSPS) is 11.0. The van der Waals surface area contributed by atoms with Gasteiger partial charge in [0.15, 0.2) is 17.5 Å². The van der Waals surface area contributed by atoms with Crippen molar-refractivity contribution in [3.63, 3.8) is 0 Å². The molecule has 0 spiro atoms. The first-order chi connectivity index (χ1) is 26.7. The van der Waals surface area contributed by atoms with Crippen LogP contribution in [0.25, 0.3) is 89.8 Å². The largest absolute Gasteiger partial charge is 0.208 e. The highest BCUT2D eigenvalue weighted by Crippen LogP contribution is 2.37. The molecule has 0 N–H and O–H groups in total. The average molecular weight is 690 g/mol. The van der Waals surface area contributed by atoms with Gasteiger partial charge in [-0.25, -0.2) is 15.0 Å². The monoisotopic (exact) mass is 689 g/mol. The molecule has 3 heteroatoms. The summed E-state index contributed by atoms with van der Waals surface area (Å²) in [5, 5.41) is 0. The van der Waals surface area contributed by atoms with Crippen molar-refractivity contribution in [2.75, 3.05) is 0 Å². The summed E-state index contributed by atoms with van der Waals surface area (Å²) in [5.74, 6) is 1.86. The van der Waals surface area contributed by atoms with E-state index in [4.69, 9.17) is 15.0 Å². The first-order valence-electron chi connectivity index (χ1n) is 18.2. The molecule has 0 fully saturated rings. The minimum Gasteiger partial charge on any atom is -0.208 e. The Hall–Kier alpha value is -7.23. The Balaban J connectivity index is 1.19. The maximum atomic E-state index is 5.24. The Bertz CT molecular complexity index is 2670. The van der Waals surface area contributed by atoms with Crippen LogP contribution in [0.2, 0.25) is 0 Å². The molecule has 0 unspecified atom stereocenters. The smallest absolute Gasteiger partial charge is 0.164 e. The van der Waals surface area contributed by atoms with Crippen LogP contribution in [-0.2, 0) is 0 Å². The summed E-state index contributed by atoms with van der Waals surface area (Å²) >= 11 is 0. The SMILES string of the molecule is c1ccc(-c2cccc(-c3ccc(-c4nc(-c5cccc(-c6ccccc6)c5)nc(-c5cc(-c6ccccc6)ccc5-c5ccccc5)n4)cc3)c2)cc1. The topological polar surface area (TPSA) is 38.7 Å². The molecule has 54 heavy (non-hydrogen) atoms. The van der Waals surface area contributed by atoms with Crippen molar-refractivity contribution >= 4 is 0 Å². The van der Waals surface area contributed by atoms with E-state index in [1.807, 2.05) is 24.3 Å². The zero-order valence-electron chi connectivity index (χ0n) is 29.5. The average Bonchev–Trinajstić information content (AvgIpc) is 3.27. The van der Waals surface area contributed by atoms with Crippen LogP contribution >= 0.6 is 0 Å². The van der Waals surface area contributed by atoms with E-state index in [-0.39, 0.29) is 0 Å². The van der Waals surface area contributed by atoms with Crippen LogP contribution in [0.5, 0.6) is 0 Å². The van der Waals surface area contributed by atoms with E-state index in [1.165, 1.54) is 11.1 Å². The Kier molecular flexibility index (Phi) is 8.94. The van der Waals surface area contributed by atoms with Gasteiger partial charge in [-0.1, -0.05) is 194 Å². The van der Waals surface area contributed by atoms with Crippen LogP contribution in [0.3, 0.4) is 0 Å². The Morgan fingerprint density at radius 3 is 1.04 bits per heavy atom. The lowest BCUT2D eigenvalue weighted by Gasteiger charge is -2.14. The van der Waals surface area contributed by atoms with Gasteiger partial charge in [0.25, 0.3) is 0 Å². The predicted octanol–water partition coefficient (Wildman–Crippen LogP) is 13.2. The first kappa shape index (κ1) is 32.7. The van der Waals surface area contributed by atoms with Crippen molar-refractivity contribution in [3.05, 3.63) is 212 Å². The molecule has 1 heterocycles. The van der Waals surface area contributed by atoms with Crippen molar-refractivity contribution in [1.29, 1.82) is 0 Å². The number of benzene rings is 8. The van der Waals surface area contributed by atoms with Gasteiger partial charge in [0, 0.05) is 16.7 Å². The predicted molar refractivity (Wildman–Crippen MR) is 223 cm³/mol. The number of hydrogen-bond acceptors (Lipinski definition) is 3. The third-order valence-corrected chi connectivity index (χ3v) is 9.76. The number of aromatic nitrogens is 3. The van der Waals surface area contributed by atoms with E-state index in [0.717, 1.165) is 61.2 Å². The summed E-state index contributed by atoms with van der Waals surface area (Å²) in [6, 6.07) is 74.1. The fraction of sp³-hybridized carbons (Fsp3) is 0. The summed E-state index contributed by atoms with van der Waals surface area (Å²) in [6.07, 6.45) is 0. The van der Waals surface area contributed by atoms with E-state index in [0.29, 0.717) is 17.5 Å². The molecule has 0 amide bonds. The number of hydrogen-bond donors (Lipinski definition) is 0. The number of rotatable bonds is 8. The molecule has 9 aromatic rings. The van der Waals surface area contributed by atoms with Gasteiger partial charge < -0.3 is 0 Å². The van der Waals surface area contributed by atoms with Crippen LogP contribution in [0.15, 0.2) is 212 Å². The standard InChI is InChI=1S/C51H35N3/c1-5-15-36(16-6-1)42-23-13-24-43(33-42)39-27-29-41(30-28-39)49-52-50(46-26-14-25-44(34-46)37-17-7-2-8-18-37)54-51(53-49)48-35-45(38-19-9-3-10-20-38)31-32-47(48)40-21-11-4-12-22-40/h1-35H. The molecule has 0 atom stereocenters. The lowest BCUT2D eigenvalue weighted by Crippen LogP contribution is -2.01. The van der Waals surface area contributed by atoms with Crippen molar-refractivity contribution < 1.29 is 0 Å². The zero-order valence-corrected chi connectivity index (χ0v) is 29.5. The van der Waals surface area contributed by atoms with Crippen molar-refractivity contribution in [3.8, 4) is 89.8 Å². The quantitative estimate of drug-likeness (QED) is 0.159. The summed E-state index contributed by atoms with van der Waals surface area (Å²) in [6.45, 7) is 0. The molecule has 9 rings (SSSR count). The molecule has 0 aliphatic rings. The Labute approximate surface area is 316 Å². The fourth-order valence-corrected chi connectivity index (χ4v) is 6.95. The van der Waals surface area contributed by atoms with Gasteiger partial charge in [0.2, 0.25) is 0 Å². The minimum atomic E-state index is 0.619. The van der Waals surface area contributed by atoms with Crippen LogP contribution in [0.1, 0.15) is 0 Å². The molecule has 0 aliphatic carbocycles. The molecule has 1 aromatic heterocycles. The fourth-order valence-electron chi connectivity index (χ4n) is 6.95. The molecule has 0 bridgehead atoms. The molecule has 254 valence electrons. The van der Waals surface area contributed by atoms with Crippen LogP contribution in [-0.4, -0.2) is 15.0 Å². The summed E-state index contributed by atoms with van der Waals surface area (Å²) in [4.78, 5) is 15.6. The molecule has 0 radical (unpaired) electrons. The van der Waals surface area contributed by atoms with E-state index in [2.05, 4.69) is 188 Å². The third kappa shape index (κ3) is 6.87. The molecule has 3 nitrogen and oxygen atoms in total. The van der Waals surface area contributed by atoms with E-state index < -0.39 is 0 Å². The summed E-state index contributed by atoms with van der Waals surface area (Å²) < 4.78 is 0. The van der Waals surface area contributed by atoms with Crippen LogP contribution in [0, 0.1) is 0 Å². The maximum Gasteiger partial charge on any atom is 0.164 e. The second kappa shape index (κ2) is 14.8. The highest BCUT2D eigenvalue weighted by Gasteiger charge is 2.18. The van der Waals surface area contributed by atoms with Crippen LogP contribution in [0.4, 0.5) is 0 Å². The summed E-state index contributed by atoms with van der Waals surface area (Å²) in [5.41, 5.74) is 14.1. The van der Waals surface area contributed by atoms with E-state index in [1.54, 1.807) is 0 Å². The van der Waals surface area contributed by atoms with Gasteiger partial charge >= 0.3 is 0 Å². The highest BCUT2D eigenvalue weighted by molar-refractivity contribution is 5.86. The third-order valence-electron chi connectivity index (χ3n) is 9.76. The van der Waals surface area contributed by atoms with Gasteiger partial charge in [-0.3, -0.25) is 0 Å². The molecule has 8 aromatic carbocycles. The van der Waals surface area contributed by atoms with Gasteiger partial charge in [0.05, 0.1) is 0 Å². The molecule has 0 aliphatic heterocycles. The van der Waals surface area contributed by atoms with Crippen molar-refractivity contribution in [2.45, 2.75) is 0 Å².